The average molecular weight is 431 g/mol. The normalized spacial score (nSPS) is 11.9. The molecule has 0 fully saturated rings. The Morgan fingerprint density at radius 1 is 1.10 bits per heavy atom. The van der Waals surface area contributed by atoms with Gasteiger partial charge < -0.3 is 10.2 Å². The highest BCUT2D eigenvalue weighted by atomic mass is 32.2. The van der Waals surface area contributed by atoms with Crippen LogP contribution in [-0.4, -0.2) is 34.6 Å². The highest BCUT2D eigenvalue weighted by Gasteiger charge is 2.28. The third-order valence-corrected chi connectivity index (χ3v) is 5.70. The number of nitrogens with one attached hydrogen (secondary N) is 1. The number of hydrogen-bond donors (Lipinski definition) is 1. The number of rotatable bonds is 10. The molecule has 0 aliphatic heterocycles. The van der Waals surface area contributed by atoms with Crippen molar-refractivity contribution in [3.8, 4) is 0 Å². The Balaban J connectivity index is 2.13. The summed E-state index contributed by atoms with van der Waals surface area (Å²) in [6.45, 7) is 8.09. The van der Waals surface area contributed by atoms with Gasteiger partial charge in [-0.2, -0.15) is 0 Å². The van der Waals surface area contributed by atoms with Crippen LogP contribution in [0.2, 0.25) is 0 Å². The Hall–Kier alpha value is -2.34. The summed E-state index contributed by atoms with van der Waals surface area (Å²) in [6, 6.07) is 14.0. The molecule has 6 heteroatoms. The highest BCUT2D eigenvalue weighted by molar-refractivity contribution is 7.99. The van der Waals surface area contributed by atoms with Gasteiger partial charge in [0.1, 0.15) is 11.9 Å². The van der Waals surface area contributed by atoms with Gasteiger partial charge in [0.15, 0.2) is 0 Å². The lowest BCUT2D eigenvalue weighted by molar-refractivity contribution is -0.139. The van der Waals surface area contributed by atoms with E-state index in [0.717, 1.165) is 11.1 Å². The maximum Gasteiger partial charge on any atom is 0.243 e. The van der Waals surface area contributed by atoms with Gasteiger partial charge in [-0.25, -0.2) is 4.39 Å². The van der Waals surface area contributed by atoms with Crippen LogP contribution >= 0.6 is 11.8 Å². The van der Waals surface area contributed by atoms with Crippen molar-refractivity contribution in [3.05, 3.63) is 71.0 Å². The first-order valence-electron chi connectivity index (χ1n) is 10.3. The van der Waals surface area contributed by atoms with Crippen LogP contribution in [0, 0.1) is 12.7 Å². The minimum absolute atomic E-state index is 0.00157. The lowest BCUT2D eigenvalue weighted by Gasteiger charge is -2.31. The zero-order chi connectivity index (χ0) is 22.1. The van der Waals surface area contributed by atoms with Gasteiger partial charge in [0.05, 0.1) is 5.75 Å². The molecule has 1 atom stereocenters. The summed E-state index contributed by atoms with van der Waals surface area (Å²) in [4.78, 5) is 27.5. The fraction of sp³-hybridized carbons (Fsp3) is 0.417. The van der Waals surface area contributed by atoms with Crippen LogP contribution in [0.5, 0.6) is 0 Å². The second-order valence-electron chi connectivity index (χ2n) is 7.68. The van der Waals surface area contributed by atoms with Gasteiger partial charge in [0.2, 0.25) is 11.8 Å². The Morgan fingerprint density at radius 2 is 1.77 bits per heavy atom. The molecule has 2 aromatic carbocycles. The number of nitrogens with zero attached hydrogens (tertiary/aromatic N) is 1. The van der Waals surface area contributed by atoms with E-state index in [2.05, 4.69) is 5.32 Å². The summed E-state index contributed by atoms with van der Waals surface area (Å²) in [5.41, 5.74) is 2.69. The number of benzene rings is 2. The van der Waals surface area contributed by atoms with Crippen LogP contribution in [0.1, 0.15) is 43.9 Å². The van der Waals surface area contributed by atoms with Crippen molar-refractivity contribution in [3.63, 3.8) is 0 Å². The molecular weight excluding hydrogens is 399 g/mol. The van der Waals surface area contributed by atoms with E-state index in [0.29, 0.717) is 24.3 Å². The summed E-state index contributed by atoms with van der Waals surface area (Å²) in [6.07, 6.45) is 0.522. The molecule has 0 radical (unpaired) electrons. The van der Waals surface area contributed by atoms with Gasteiger partial charge in [-0.1, -0.05) is 55.0 Å². The predicted octanol–water partition coefficient (Wildman–Crippen LogP) is 4.70. The van der Waals surface area contributed by atoms with Gasteiger partial charge in [0.25, 0.3) is 0 Å². The largest absolute Gasteiger partial charge is 0.352 e. The van der Waals surface area contributed by atoms with Crippen LogP contribution in [0.3, 0.4) is 0 Å². The van der Waals surface area contributed by atoms with Gasteiger partial charge in [0, 0.05) is 18.3 Å². The van der Waals surface area contributed by atoms with E-state index in [1.807, 2.05) is 52.0 Å². The van der Waals surface area contributed by atoms with E-state index in [-0.39, 0.29) is 29.4 Å². The van der Waals surface area contributed by atoms with Crippen molar-refractivity contribution < 1.29 is 14.0 Å². The maximum atomic E-state index is 13.8. The monoisotopic (exact) mass is 430 g/mol. The standard InChI is InChI=1S/C24H31FN2O2S/c1-5-22(24(29)26-17(2)3)27(14-19-12-10-18(4)11-13-19)23(28)16-30-15-20-8-6-7-9-21(20)25/h6-13,17,22H,5,14-16H2,1-4H3,(H,26,29)/t22-/m0/s1. The number of aryl methyl sites for hydroxylation is 1. The topological polar surface area (TPSA) is 49.4 Å². The molecule has 0 aliphatic carbocycles. The minimum atomic E-state index is -0.546. The fourth-order valence-corrected chi connectivity index (χ4v) is 4.03. The molecule has 162 valence electrons. The summed E-state index contributed by atoms with van der Waals surface area (Å²) in [5, 5.41) is 2.92. The lowest BCUT2D eigenvalue weighted by atomic mass is 10.1. The van der Waals surface area contributed by atoms with Crippen molar-refractivity contribution in [1.82, 2.24) is 10.2 Å². The smallest absolute Gasteiger partial charge is 0.243 e. The second-order valence-corrected chi connectivity index (χ2v) is 8.66. The van der Waals surface area contributed by atoms with E-state index in [9.17, 15) is 14.0 Å². The number of carbonyl (C=O) groups is 2. The summed E-state index contributed by atoms with van der Waals surface area (Å²) < 4.78 is 13.8. The van der Waals surface area contributed by atoms with E-state index >= 15 is 0 Å². The van der Waals surface area contributed by atoms with Crippen LogP contribution in [0.15, 0.2) is 48.5 Å². The van der Waals surface area contributed by atoms with E-state index < -0.39 is 6.04 Å². The van der Waals surface area contributed by atoms with Crippen LogP contribution in [-0.2, 0) is 21.9 Å². The first-order valence-corrected chi connectivity index (χ1v) is 11.4. The van der Waals surface area contributed by atoms with Crippen molar-refractivity contribution >= 4 is 23.6 Å². The Kier molecular flexibility index (Phi) is 9.37. The summed E-state index contributed by atoms with van der Waals surface area (Å²) >= 11 is 1.36. The third-order valence-electron chi connectivity index (χ3n) is 4.73. The Labute approximate surface area is 183 Å². The molecule has 0 spiro atoms. The molecule has 0 aromatic heterocycles. The molecule has 2 amide bonds. The third kappa shape index (κ3) is 7.17. The summed E-state index contributed by atoms with van der Waals surface area (Å²) in [7, 11) is 0. The average Bonchev–Trinajstić information content (AvgIpc) is 2.70. The second kappa shape index (κ2) is 11.7. The lowest BCUT2D eigenvalue weighted by Crippen LogP contribution is -2.50. The zero-order valence-electron chi connectivity index (χ0n) is 18.2. The Bertz CT molecular complexity index is 839. The fourth-order valence-electron chi connectivity index (χ4n) is 3.14. The van der Waals surface area contributed by atoms with Gasteiger partial charge in [-0.3, -0.25) is 9.59 Å². The molecule has 1 N–H and O–H groups in total. The number of hydrogen-bond acceptors (Lipinski definition) is 3. The number of carbonyl (C=O) groups excluding carboxylic acids is 2. The Morgan fingerprint density at radius 3 is 2.37 bits per heavy atom. The minimum Gasteiger partial charge on any atom is -0.352 e. The SMILES string of the molecule is CC[C@@H](C(=O)NC(C)C)N(Cc1ccc(C)cc1)C(=O)CSCc1ccccc1F. The van der Waals surface area contributed by atoms with Crippen LogP contribution in [0.4, 0.5) is 4.39 Å². The van der Waals surface area contributed by atoms with Crippen LogP contribution in [0.25, 0.3) is 0 Å². The molecule has 0 saturated heterocycles. The first kappa shape index (κ1) is 23.9. The highest BCUT2D eigenvalue weighted by Crippen LogP contribution is 2.19. The molecule has 0 aliphatic rings. The van der Waals surface area contributed by atoms with E-state index in [1.54, 1.807) is 23.1 Å². The quantitative estimate of drug-likeness (QED) is 0.594. The maximum absolute atomic E-state index is 13.8. The van der Waals surface area contributed by atoms with Crippen molar-refractivity contribution in [2.24, 2.45) is 0 Å². The van der Waals surface area contributed by atoms with Crippen molar-refractivity contribution in [2.45, 2.75) is 58.5 Å². The molecular formula is C24H31FN2O2S. The van der Waals surface area contributed by atoms with Crippen molar-refractivity contribution in [2.75, 3.05) is 5.75 Å². The number of amides is 2. The van der Waals surface area contributed by atoms with Gasteiger partial charge in [-0.15, -0.1) is 11.8 Å². The number of thioether (sulfide) groups is 1. The van der Waals surface area contributed by atoms with Gasteiger partial charge in [-0.05, 0) is 44.4 Å². The van der Waals surface area contributed by atoms with Crippen molar-refractivity contribution in [1.29, 1.82) is 0 Å². The molecule has 0 bridgehead atoms. The number of halogens is 1. The molecule has 2 rings (SSSR count). The zero-order valence-corrected chi connectivity index (χ0v) is 19.0. The first-order chi connectivity index (χ1) is 14.3. The molecule has 2 aromatic rings. The van der Waals surface area contributed by atoms with Crippen LogP contribution < -0.4 is 5.32 Å². The van der Waals surface area contributed by atoms with E-state index in [4.69, 9.17) is 0 Å². The molecule has 0 heterocycles. The predicted molar refractivity (Wildman–Crippen MR) is 122 cm³/mol. The summed E-state index contributed by atoms with van der Waals surface area (Å²) in [5.74, 6) is 0.0590. The van der Waals surface area contributed by atoms with Gasteiger partial charge >= 0.3 is 0 Å². The molecule has 0 saturated carbocycles. The molecule has 30 heavy (non-hydrogen) atoms. The molecule has 0 unspecified atom stereocenters. The van der Waals surface area contributed by atoms with E-state index in [1.165, 1.54) is 17.8 Å². The molecule has 4 nitrogen and oxygen atoms in total.